The summed E-state index contributed by atoms with van der Waals surface area (Å²) in [7, 11) is 0. The highest BCUT2D eigenvalue weighted by Gasteiger charge is 2.22. The van der Waals surface area contributed by atoms with Crippen molar-refractivity contribution in [1.82, 2.24) is 9.97 Å². The summed E-state index contributed by atoms with van der Waals surface area (Å²) >= 11 is 5.98. The maximum Gasteiger partial charge on any atom is 0.318 e. The molecule has 0 bridgehead atoms. The van der Waals surface area contributed by atoms with Crippen molar-refractivity contribution in [2.75, 3.05) is 5.32 Å². The Bertz CT molecular complexity index is 931. The molecule has 0 unspecified atom stereocenters. The van der Waals surface area contributed by atoms with Crippen LogP contribution in [0.25, 0.3) is 12.2 Å². The number of benzene rings is 2. The van der Waals surface area contributed by atoms with Crippen molar-refractivity contribution in [2.24, 2.45) is 0 Å². The first-order valence-corrected chi connectivity index (χ1v) is 8.24. The van der Waals surface area contributed by atoms with Crippen LogP contribution < -0.4 is 5.32 Å². The summed E-state index contributed by atoms with van der Waals surface area (Å²) in [6.07, 6.45) is 3.33. The summed E-state index contributed by atoms with van der Waals surface area (Å²) in [6.45, 7) is 0.161. The largest absolute Gasteiger partial charge is 0.379 e. The highest BCUT2D eigenvalue weighted by molar-refractivity contribution is 6.28. The van der Waals surface area contributed by atoms with Crippen LogP contribution in [0.1, 0.15) is 17.0 Å². The second-order valence-electron chi connectivity index (χ2n) is 5.39. The van der Waals surface area contributed by atoms with Crippen molar-refractivity contribution in [3.05, 3.63) is 93.0 Å². The molecule has 0 aliphatic rings. The molecule has 7 heteroatoms. The summed E-state index contributed by atoms with van der Waals surface area (Å²) in [4.78, 5) is 19.2. The lowest BCUT2D eigenvalue weighted by atomic mass is 10.1. The van der Waals surface area contributed by atoms with Crippen LogP contribution in [0.15, 0.2) is 60.7 Å². The summed E-state index contributed by atoms with van der Waals surface area (Å²) in [5.41, 5.74) is 1.97. The molecule has 0 amide bonds. The standard InChI is InChI=1S/C19H15ClN4O2/c20-19-22-16(12-11-14-7-3-1-4-8-14)18(24(25)26)17(23-19)13-21-15-9-5-2-6-10-15/h1-12,21H,13H2/b12-11+. The molecule has 3 aromatic rings. The normalized spacial score (nSPS) is 10.8. The van der Waals surface area contributed by atoms with E-state index in [1.54, 1.807) is 12.2 Å². The van der Waals surface area contributed by atoms with E-state index in [2.05, 4.69) is 15.3 Å². The van der Waals surface area contributed by atoms with E-state index in [0.29, 0.717) is 0 Å². The van der Waals surface area contributed by atoms with Crippen LogP contribution >= 0.6 is 11.6 Å². The van der Waals surface area contributed by atoms with Crippen molar-refractivity contribution in [3.8, 4) is 0 Å². The third-order valence-electron chi connectivity index (χ3n) is 3.61. The number of rotatable bonds is 6. The number of nitro groups is 1. The van der Waals surface area contributed by atoms with Gasteiger partial charge in [0.15, 0.2) is 0 Å². The van der Waals surface area contributed by atoms with Crippen molar-refractivity contribution in [2.45, 2.75) is 6.54 Å². The molecular formula is C19H15ClN4O2. The zero-order valence-corrected chi connectivity index (χ0v) is 14.4. The molecule has 0 aliphatic carbocycles. The lowest BCUT2D eigenvalue weighted by Gasteiger charge is -2.08. The lowest BCUT2D eigenvalue weighted by Crippen LogP contribution is -2.08. The third-order valence-corrected chi connectivity index (χ3v) is 3.77. The molecule has 6 nitrogen and oxygen atoms in total. The Labute approximate surface area is 155 Å². The fourth-order valence-corrected chi connectivity index (χ4v) is 2.60. The van der Waals surface area contributed by atoms with Gasteiger partial charge in [-0.15, -0.1) is 0 Å². The molecule has 0 atom stereocenters. The average Bonchev–Trinajstić information content (AvgIpc) is 2.65. The first-order valence-electron chi connectivity index (χ1n) is 7.86. The van der Waals surface area contributed by atoms with Gasteiger partial charge in [0.2, 0.25) is 5.28 Å². The van der Waals surface area contributed by atoms with Gasteiger partial charge in [-0.05, 0) is 35.4 Å². The van der Waals surface area contributed by atoms with Gasteiger partial charge >= 0.3 is 5.69 Å². The fraction of sp³-hybridized carbons (Fsp3) is 0.0526. The summed E-state index contributed by atoms with van der Waals surface area (Å²) in [5.74, 6) is 0. The second kappa shape index (κ2) is 8.22. The van der Waals surface area contributed by atoms with Crippen LogP contribution in [0, 0.1) is 10.1 Å². The molecule has 0 radical (unpaired) electrons. The Hall–Kier alpha value is -3.25. The Kier molecular flexibility index (Phi) is 5.56. The minimum absolute atomic E-state index is 0.0341. The van der Waals surface area contributed by atoms with Gasteiger partial charge in [0.05, 0.1) is 11.5 Å². The van der Waals surface area contributed by atoms with E-state index in [1.807, 2.05) is 60.7 Å². The molecule has 1 aromatic heterocycles. The SMILES string of the molecule is O=[N+]([O-])c1c(/C=C/c2ccccc2)nc(Cl)nc1CNc1ccccc1. The zero-order chi connectivity index (χ0) is 18.4. The third kappa shape index (κ3) is 4.43. The van der Waals surface area contributed by atoms with E-state index in [1.165, 1.54) is 0 Å². The van der Waals surface area contributed by atoms with Crippen LogP contribution in [0.5, 0.6) is 0 Å². The van der Waals surface area contributed by atoms with Crippen LogP contribution in [0.2, 0.25) is 5.28 Å². The van der Waals surface area contributed by atoms with Gasteiger partial charge in [-0.2, -0.15) is 0 Å². The zero-order valence-electron chi connectivity index (χ0n) is 13.7. The lowest BCUT2D eigenvalue weighted by molar-refractivity contribution is -0.386. The molecule has 130 valence electrons. The van der Waals surface area contributed by atoms with Crippen molar-refractivity contribution >= 4 is 35.1 Å². The van der Waals surface area contributed by atoms with Gasteiger partial charge in [-0.1, -0.05) is 54.6 Å². The molecule has 1 N–H and O–H groups in total. The summed E-state index contributed by atoms with van der Waals surface area (Å²) in [6, 6.07) is 18.8. The van der Waals surface area contributed by atoms with E-state index in [4.69, 9.17) is 11.6 Å². The van der Waals surface area contributed by atoms with Crippen molar-refractivity contribution in [3.63, 3.8) is 0 Å². The van der Waals surface area contributed by atoms with Gasteiger partial charge in [-0.3, -0.25) is 10.1 Å². The number of nitrogens with zero attached hydrogens (tertiary/aromatic N) is 3. The predicted octanol–water partition coefficient (Wildman–Crippen LogP) is 4.82. The Balaban J connectivity index is 1.93. The van der Waals surface area contributed by atoms with Gasteiger partial charge in [-0.25, -0.2) is 9.97 Å². The molecule has 0 saturated carbocycles. The van der Waals surface area contributed by atoms with Crippen LogP contribution in [0.4, 0.5) is 11.4 Å². The van der Waals surface area contributed by atoms with Crippen LogP contribution in [0.3, 0.4) is 0 Å². The Morgan fingerprint density at radius 3 is 2.31 bits per heavy atom. The van der Waals surface area contributed by atoms with Gasteiger partial charge in [0, 0.05) is 5.69 Å². The minimum atomic E-state index is -0.483. The van der Waals surface area contributed by atoms with E-state index in [0.717, 1.165) is 11.3 Å². The predicted molar refractivity (Wildman–Crippen MR) is 103 cm³/mol. The first kappa shape index (κ1) is 17.6. The van der Waals surface area contributed by atoms with E-state index >= 15 is 0 Å². The summed E-state index contributed by atoms with van der Waals surface area (Å²) in [5, 5.41) is 14.7. The smallest absolute Gasteiger partial charge is 0.318 e. The molecule has 0 spiro atoms. The van der Waals surface area contributed by atoms with Gasteiger partial charge in [0.25, 0.3) is 0 Å². The van der Waals surface area contributed by atoms with E-state index in [-0.39, 0.29) is 28.9 Å². The Morgan fingerprint density at radius 1 is 1.00 bits per heavy atom. The number of nitrogens with one attached hydrogen (secondary N) is 1. The van der Waals surface area contributed by atoms with Gasteiger partial charge < -0.3 is 5.32 Å². The molecule has 0 fully saturated rings. The summed E-state index contributed by atoms with van der Waals surface area (Å²) < 4.78 is 0. The number of hydrogen-bond acceptors (Lipinski definition) is 5. The molecule has 26 heavy (non-hydrogen) atoms. The molecule has 1 heterocycles. The number of aromatic nitrogens is 2. The van der Waals surface area contributed by atoms with E-state index in [9.17, 15) is 10.1 Å². The number of anilines is 1. The molecule has 3 rings (SSSR count). The van der Waals surface area contributed by atoms with Crippen LogP contribution in [-0.4, -0.2) is 14.9 Å². The maximum atomic E-state index is 11.6. The van der Waals surface area contributed by atoms with Gasteiger partial charge in [0.1, 0.15) is 11.4 Å². The molecule has 0 aliphatic heterocycles. The minimum Gasteiger partial charge on any atom is -0.379 e. The second-order valence-corrected chi connectivity index (χ2v) is 5.73. The first-order chi connectivity index (χ1) is 12.6. The number of para-hydroxylation sites is 1. The Morgan fingerprint density at radius 2 is 1.65 bits per heavy atom. The highest BCUT2D eigenvalue weighted by Crippen LogP contribution is 2.25. The topological polar surface area (TPSA) is 81.0 Å². The number of hydrogen-bond donors (Lipinski definition) is 1. The number of halogens is 1. The molecule has 2 aromatic carbocycles. The van der Waals surface area contributed by atoms with Crippen LogP contribution in [-0.2, 0) is 6.54 Å². The average molecular weight is 367 g/mol. The molecule has 0 saturated heterocycles. The monoisotopic (exact) mass is 366 g/mol. The molecular weight excluding hydrogens is 352 g/mol. The highest BCUT2D eigenvalue weighted by atomic mass is 35.5. The quantitative estimate of drug-likeness (QED) is 0.384. The fourth-order valence-electron chi connectivity index (χ4n) is 2.41. The van der Waals surface area contributed by atoms with Crippen molar-refractivity contribution < 1.29 is 4.92 Å². The van der Waals surface area contributed by atoms with Crippen molar-refractivity contribution in [1.29, 1.82) is 0 Å². The maximum absolute atomic E-state index is 11.6. The van der Waals surface area contributed by atoms with E-state index < -0.39 is 4.92 Å².